The molecule has 2 aromatic rings. The average molecular weight is 420 g/mol. The van der Waals surface area contributed by atoms with Crippen molar-refractivity contribution in [2.24, 2.45) is 0 Å². The van der Waals surface area contributed by atoms with Crippen molar-refractivity contribution in [1.82, 2.24) is 14.7 Å². The van der Waals surface area contributed by atoms with Gasteiger partial charge in [-0.2, -0.15) is 10.4 Å². The first-order valence-electron chi connectivity index (χ1n) is 9.46. The number of nitriles is 1. The second-order valence-corrected chi connectivity index (χ2v) is 8.25. The fraction of sp³-hybridized carbons (Fsp3) is 0.227. The van der Waals surface area contributed by atoms with Crippen LogP contribution in [0, 0.1) is 11.3 Å². The molecule has 1 amide bonds. The number of morpholine rings is 1. The van der Waals surface area contributed by atoms with E-state index in [0.717, 1.165) is 0 Å². The lowest BCUT2D eigenvalue weighted by atomic mass is 10.0. The lowest BCUT2D eigenvalue weighted by Gasteiger charge is -2.26. The molecule has 1 aromatic heterocycles. The standard InChI is InChI=1S/C22H20N4O3S/c1-3-17-19(4-2)30(28)14-18-20(22(27)25-8-10-29-11-9-25)24-26(21(17)18)16-7-5-6-15(12-16)13-23/h3-7,12H,1-2,8-11,14H2. The number of hydrogen-bond donors (Lipinski definition) is 0. The predicted octanol–water partition coefficient (Wildman–Crippen LogP) is 2.56. The van der Waals surface area contributed by atoms with Gasteiger partial charge in [0.05, 0.1) is 52.8 Å². The first-order chi connectivity index (χ1) is 14.6. The molecule has 1 unspecified atom stereocenters. The van der Waals surface area contributed by atoms with Crippen LogP contribution in [0.1, 0.15) is 27.3 Å². The van der Waals surface area contributed by atoms with Crippen molar-refractivity contribution in [2.75, 3.05) is 26.3 Å². The van der Waals surface area contributed by atoms with Gasteiger partial charge < -0.3 is 9.64 Å². The second kappa shape index (κ2) is 8.22. The lowest BCUT2D eigenvalue weighted by Crippen LogP contribution is -2.41. The third kappa shape index (κ3) is 3.32. The third-order valence-corrected chi connectivity index (χ3v) is 6.56. The number of carbonyl (C=O) groups excluding carboxylic acids is 1. The minimum Gasteiger partial charge on any atom is -0.378 e. The maximum Gasteiger partial charge on any atom is 0.274 e. The molecule has 0 N–H and O–H groups in total. The van der Waals surface area contributed by atoms with Crippen LogP contribution in [-0.4, -0.2) is 51.1 Å². The zero-order valence-corrected chi connectivity index (χ0v) is 17.2. The predicted molar refractivity (Wildman–Crippen MR) is 114 cm³/mol. The molecule has 2 aliphatic heterocycles. The first-order valence-corrected chi connectivity index (χ1v) is 10.8. The summed E-state index contributed by atoms with van der Waals surface area (Å²) < 4.78 is 19.9. The molecule has 8 heteroatoms. The number of carbonyl (C=O) groups is 1. The Labute approximate surface area is 177 Å². The van der Waals surface area contributed by atoms with E-state index in [-0.39, 0.29) is 17.4 Å². The van der Waals surface area contributed by atoms with Crippen LogP contribution in [0.5, 0.6) is 0 Å². The smallest absolute Gasteiger partial charge is 0.274 e. The summed E-state index contributed by atoms with van der Waals surface area (Å²) in [5, 5.41) is 13.9. The number of amides is 1. The molecule has 0 aliphatic carbocycles. The summed E-state index contributed by atoms with van der Waals surface area (Å²) in [5.74, 6) is -0.0515. The maximum atomic E-state index is 13.3. The Bertz CT molecular complexity index is 1150. The van der Waals surface area contributed by atoms with Crippen LogP contribution in [0.25, 0.3) is 11.3 Å². The van der Waals surface area contributed by atoms with Gasteiger partial charge in [0, 0.05) is 29.1 Å². The summed E-state index contributed by atoms with van der Waals surface area (Å²) in [6.07, 6.45) is 3.17. The maximum absolute atomic E-state index is 13.3. The van der Waals surface area contributed by atoms with Gasteiger partial charge in [-0.15, -0.1) is 0 Å². The molecule has 30 heavy (non-hydrogen) atoms. The molecule has 1 aromatic carbocycles. The van der Waals surface area contributed by atoms with Crippen molar-refractivity contribution >= 4 is 22.3 Å². The minimum absolute atomic E-state index is 0.164. The minimum atomic E-state index is -1.36. The Morgan fingerprint density at radius 1 is 1.27 bits per heavy atom. The SMILES string of the molecule is C=CC1=C(C=C)S(=O)Cc2c(C(=O)N3CCOCC3)nn(-c3cccc(C#N)c3)c21. The Morgan fingerprint density at radius 3 is 2.70 bits per heavy atom. The first kappa shape index (κ1) is 20.0. The highest BCUT2D eigenvalue weighted by atomic mass is 32.2. The molecular weight excluding hydrogens is 400 g/mol. The molecule has 0 radical (unpaired) electrons. The molecule has 152 valence electrons. The van der Waals surface area contributed by atoms with Crippen molar-refractivity contribution < 1.29 is 13.7 Å². The van der Waals surface area contributed by atoms with E-state index < -0.39 is 10.8 Å². The van der Waals surface area contributed by atoms with Crippen molar-refractivity contribution in [3.63, 3.8) is 0 Å². The molecule has 7 nitrogen and oxygen atoms in total. The van der Waals surface area contributed by atoms with E-state index in [1.54, 1.807) is 39.9 Å². The van der Waals surface area contributed by atoms with Crippen LogP contribution in [0.4, 0.5) is 0 Å². The number of rotatable bonds is 4. The summed E-state index contributed by atoms with van der Waals surface area (Å²) in [5.41, 5.74) is 3.29. The van der Waals surface area contributed by atoms with Gasteiger partial charge in [0.25, 0.3) is 5.91 Å². The number of ether oxygens (including phenoxy) is 1. The Kier molecular flexibility index (Phi) is 5.48. The quantitative estimate of drug-likeness (QED) is 0.759. The molecule has 1 saturated heterocycles. The third-order valence-electron chi connectivity index (χ3n) is 5.14. The van der Waals surface area contributed by atoms with Crippen LogP contribution < -0.4 is 0 Å². The van der Waals surface area contributed by atoms with E-state index >= 15 is 0 Å². The van der Waals surface area contributed by atoms with E-state index in [1.165, 1.54) is 0 Å². The van der Waals surface area contributed by atoms with Gasteiger partial charge in [-0.1, -0.05) is 31.4 Å². The molecule has 3 heterocycles. The average Bonchev–Trinajstić information content (AvgIpc) is 3.17. The number of hydrogen-bond acceptors (Lipinski definition) is 5. The number of nitrogens with zero attached hydrogens (tertiary/aromatic N) is 4. The fourth-order valence-corrected chi connectivity index (χ4v) is 5.00. The van der Waals surface area contributed by atoms with Gasteiger partial charge in [0.2, 0.25) is 0 Å². The molecule has 1 atom stereocenters. The highest BCUT2D eigenvalue weighted by Gasteiger charge is 2.34. The Morgan fingerprint density at radius 2 is 2.03 bits per heavy atom. The van der Waals surface area contributed by atoms with Crippen molar-refractivity contribution in [1.29, 1.82) is 5.26 Å². The lowest BCUT2D eigenvalue weighted by molar-refractivity contribution is 0.0298. The fourth-order valence-electron chi connectivity index (χ4n) is 3.69. The summed E-state index contributed by atoms with van der Waals surface area (Å²) in [7, 11) is -1.36. The van der Waals surface area contributed by atoms with Crippen molar-refractivity contribution in [3.05, 3.63) is 77.0 Å². The number of fused-ring (bicyclic) bond motifs is 1. The number of aromatic nitrogens is 2. The largest absolute Gasteiger partial charge is 0.378 e. The highest BCUT2D eigenvalue weighted by Crippen LogP contribution is 2.36. The van der Waals surface area contributed by atoms with Gasteiger partial charge >= 0.3 is 0 Å². The van der Waals surface area contributed by atoms with Crippen LogP contribution in [-0.2, 0) is 21.3 Å². The molecule has 0 saturated carbocycles. The van der Waals surface area contributed by atoms with E-state index in [1.807, 2.05) is 6.07 Å². The number of benzene rings is 1. The summed E-state index contributed by atoms with van der Waals surface area (Å²) in [4.78, 5) is 15.5. The molecule has 2 aliphatic rings. The van der Waals surface area contributed by atoms with E-state index in [4.69, 9.17) is 4.74 Å². The summed E-state index contributed by atoms with van der Waals surface area (Å²) in [6.45, 7) is 9.59. The normalized spacial score (nSPS) is 18.5. The zero-order valence-electron chi connectivity index (χ0n) is 16.3. The van der Waals surface area contributed by atoms with Crippen LogP contribution in [0.3, 0.4) is 0 Å². The van der Waals surface area contributed by atoms with Gasteiger partial charge in [0.1, 0.15) is 0 Å². The van der Waals surface area contributed by atoms with Crippen LogP contribution in [0.15, 0.2) is 54.5 Å². The van der Waals surface area contributed by atoms with Crippen molar-refractivity contribution in [3.8, 4) is 11.8 Å². The van der Waals surface area contributed by atoms with E-state index in [2.05, 4.69) is 24.3 Å². The Balaban J connectivity index is 1.95. The van der Waals surface area contributed by atoms with Gasteiger partial charge in [-0.05, 0) is 18.2 Å². The van der Waals surface area contributed by atoms with E-state index in [0.29, 0.717) is 59.3 Å². The van der Waals surface area contributed by atoms with Crippen molar-refractivity contribution in [2.45, 2.75) is 5.75 Å². The molecule has 0 bridgehead atoms. The van der Waals surface area contributed by atoms with Gasteiger partial charge in [-0.3, -0.25) is 9.00 Å². The Hall–Kier alpha value is -3.28. The molecular formula is C22H20N4O3S. The topological polar surface area (TPSA) is 88.2 Å². The van der Waals surface area contributed by atoms with Gasteiger partial charge in [0.15, 0.2) is 5.69 Å². The van der Waals surface area contributed by atoms with E-state index in [9.17, 15) is 14.3 Å². The molecule has 1 fully saturated rings. The zero-order chi connectivity index (χ0) is 21.3. The second-order valence-electron chi connectivity index (χ2n) is 6.83. The van der Waals surface area contributed by atoms with Gasteiger partial charge in [-0.25, -0.2) is 4.68 Å². The molecule has 0 spiro atoms. The summed E-state index contributed by atoms with van der Waals surface area (Å²) >= 11 is 0. The summed E-state index contributed by atoms with van der Waals surface area (Å²) in [6, 6.07) is 9.11. The highest BCUT2D eigenvalue weighted by molar-refractivity contribution is 7.88. The number of allylic oxidation sites excluding steroid dienone is 3. The molecule has 4 rings (SSSR count). The van der Waals surface area contributed by atoms with Crippen LogP contribution in [0.2, 0.25) is 0 Å². The monoisotopic (exact) mass is 420 g/mol. The van der Waals surface area contributed by atoms with Crippen LogP contribution >= 0.6 is 0 Å².